The van der Waals surface area contributed by atoms with Crippen LogP contribution in [0, 0.1) is 5.82 Å². The topological polar surface area (TPSA) is 91.2 Å². The lowest BCUT2D eigenvalue weighted by Crippen LogP contribution is -2.53. The predicted octanol–water partition coefficient (Wildman–Crippen LogP) is 2.22. The molecule has 1 atom stereocenters. The number of nitrogens with zero attached hydrogens (tertiary/aromatic N) is 4. The first-order valence-corrected chi connectivity index (χ1v) is 8.99. The first kappa shape index (κ1) is 16.8. The van der Waals surface area contributed by atoms with Crippen LogP contribution in [0.3, 0.4) is 0 Å². The lowest BCUT2D eigenvalue weighted by molar-refractivity contribution is 0.00567. The van der Waals surface area contributed by atoms with Gasteiger partial charge in [0.25, 0.3) is 5.91 Å². The summed E-state index contributed by atoms with van der Waals surface area (Å²) < 4.78 is 14.1. The van der Waals surface area contributed by atoms with Crippen LogP contribution in [0.4, 0.5) is 10.3 Å². The first-order chi connectivity index (χ1) is 12.5. The van der Waals surface area contributed by atoms with Crippen molar-refractivity contribution in [3.63, 3.8) is 0 Å². The van der Waals surface area contributed by atoms with E-state index < -0.39 is 11.9 Å². The molecule has 0 saturated carbocycles. The highest BCUT2D eigenvalue weighted by molar-refractivity contribution is 7.17. The average Bonchev–Trinajstić information content (AvgIpc) is 3.06. The number of carbonyl (C=O) groups is 1. The molecule has 7 nitrogen and oxygen atoms in total. The second-order valence-electron chi connectivity index (χ2n) is 6.20. The summed E-state index contributed by atoms with van der Waals surface area (Å²) in [5.41, 5.74) is 1.63. The molecule has 3 aromatic heterocycles. The van der Waals surface area contributed by atoms with E-state index in [0.717, 1.165) is 6.20 Å². The molecule has 2 N–H and O–H groups in total. The smallest absolute Gasteiger partial charge is 0.274 e. The highest BCUT2D eigenvalue weighted by atomic mass is 32.1. The van der Waals surface area contributed by atoms with Crippen molar-refractivity contribution in [2.45, 2.75) is 19.1 Å². The molecule has 0 aromatic carbocycles. The van der Waals surface area contributed by atoms with Crippen LogP contribution in [-0.2, 0) is 0 Å². The number of aromatic nitrogens is 3. The fourth-order valence-electron chi connectivity index (χ4n) is 2.79. The summed E-state index contributed by atoms with van der Waals surface area (Å²) in [6, 6.07) is 2.92. The zero-order chi connectivity index (χ0) is 18.3. The van der Waals surface area contributed by atoms with Crippen molar-refractivity contribution in [2.75, 3.05) is 18.4 Å². The molecule has 0 bridgehead atoms. The maximum Gasteiger partial charge on any atom is 0.274 e. The second kappa shape index (κ2) is 6.58. The van der Waals surface area contributed by atoms with Crippen molar-refractivity contribution in [1.82, 2.24) is 19.9 Å². The summed E-state index contributed by atoms with van der Waals surface area (Å²) in [5, 5.41) is 14.4. The van der Waals surface area contributed by atoms with Gasteiger partial charge < -0.3 is 15.3 Å². The maximum absolute atomic E-state index is 13.4. The van der Waals surface area contributed by atoms with Crippen molar-refractivity contribution < 1.29 is 14.3 Å². The van der Waals surface area contributed by atoms with Crippen LogP contribution in [0.15, 0.2) is 29.9 Å². The van der Waals surface area contributed by atoms with Gasteiger partial charge >= 0.3 is 0 Å². The number of pyridine rings is 1. The molecule has 1 amide bonds. The molecule has 0 radical (unpaired) electrons. The zero-order valence-corrected chi connectivity index (χ0v) is 14.7. The second-order valence-corrected chi connectivity index (χ2v) is 7.11. The molecule has 1 saturated heterocycles. The Balaban J connectivity index is 1.64. The summed E-state index contributed by atoms with van der Waals surface area (Å²) in [4.78, 5) is 26.9. The number of anilines is 1. The monoisotopic (exact) mass is 373 g/mol. The van der Waals surface area contributed by atoms with Gasteiger partial charge in [0.15, 0.2) is 5.69 Å². The Labute approximate surface area is 152 Å². The summed E-state index contributed by atoms with van der Waals surface area (Å²) in [5.74, 6) is -0.358. The van der Waals surface area contributed by atoms with Crippen molar-refractivity contribution in [2.24, 2.45) is 0 Å². The van der Waals surface area contributed by atoms with Crippen molar-refractivity contribution in [3.05, 3.63) is 47.0 Å². The zero-order valence-electron chi connectivity index (χ0n) is 13.9. The van der Waals surface area contributed by atoms with Gasteiger partial charge in [-0.15, -0.1) is 11.3 Å². The number of amides is 1. The molecule has 0 aliphatic carbocycles. The number of aliphatic hydroxyl groups excluding tert-OH is 1. The van der Waals surface area contributed by atoms with E-state index >= 15 is 0 Å². The molecular weight excluding hydrogens is 357 g/mol. The molecule has 1 aliphatic rings. The number of carbonyl (C=O) groups excluding carboxylic acids is 1. The third-order valence-corrected chi connectivity index (χ3v) is 5.14. The lowest BCUT2D eigenvalue weighted by Gasteiger charge is -2.35. The molecule has 4 rings (SSSR count). The number of aliphatic hydroxyl groups is 1. The summed E-state index contributed by atoms with van der Waals surface area (Å²) in [6.07, 6.45) is 2.23. The summed E-state index contributed by atoms with van der Waals surface area (Å²) in [6.45, 7) is 2.46. The fourth-order valence-corrected chi connectivity index (χ4v) is 3.60. The van der Waals surface area contributed by atoms with Gasteiger partial charge in [0.1, 0.15) is 5.82 Å². The van der Waals surface area contributed by atoms with E-state index in [1.54, 1.807) is 11.1 Å². The Morgan fingerprint density at radius 1 is 1.42 bits per heavy atom. The van der Waals surface area contributed by atoms with E-state index in [1.165, 1.54) is 17.4 Å². The van der Waals surface area contributed by atoms with Crippen LogP contribution >= 0.6 is 11.3 Å². The molecule has 0 spiro atoms. The third kappa shape index (κ3) is 3.11. The Morgan fingerprint density at radius 2 is 2.23 bits per heavy atom. The van der Waals surface area contributed by atoms with E-state index in [2.05, 4.69) is 20.3 Å². The quantitative estimate of drug-likeness (QED) is 0.729. The summed E-state index contributed by atoms with van der Waals surface area (Å²) in [7, 11) is 0. The number of thiophene rings is 1. The minimum Gasteiger partial charge on any atom is -0.389 e. The van der Waals surface area contributed by atoms with E-state index in [0.29, 0.717) is 34.6 Å². The minimum absolute atomic E-state index is 0.228. The van der Waals surface area contributed by atoms with E-state index in [9.17, 15) is 14.3 Å². The van der Waals surface area contributed by atoms with Gasteiger partial charge in [0.2, 0.25) is 5.95 Å². The molecule has 1 fully saturated rings. The third-order valence-electron chi connectivity index (χ3n) is 4.23. The Morgan fingerprint density at radius 3 is 2.96 bits per heavy atom. The van der Waals surface area contributed by atoms with Gasteiger partial charge in [-0.05, 0) is 30.0 Å². The largest absolute Gasteiger partial charge is 0.389 e. The van der Waals surface area contributed by atoms with Crippen LogP contribution in [0.25, 0.3) is 10.2 Å². The SMILES string of the molecule is C[C@H](Nc1nc(C(=O)N2CC(O)C2)c2sccc2n1)c1cncc(F)c1. The van der Waals surface area contributed by atoms with E-state index in [1.807, 2.05) is 18.4 Å². The maximum atomic E-state index is 13.4. The summed E-state index contributed by atoms with van der Waals surface area (Å²) >= 11 is 1.40. The van der Waals surface area contributed by atoms with Crippen LogP contribution in [0.1, 0.15) is 29.0 Å². The molecule has 4 heterocycles. The number of fused-ring (bicyclic) bond motifs is 1. The number of hydrogen-bond acceptors (Lipinski definition) is 7. The average molecular weight is 373 g/mol. The number of β-amino-alcohol motifs (C(OH)–C–C–N with tert-alkyl or cyclic N) is 1. The molecular formula is C17H16FN5O2S. The van der Waals surface area contributed by atoms with Gasteiger partial charge in [-0.25, -0.2) is 14.4 Å². The molecule has 26 heavy (non-hydrogen) atoms. The first-order valence-electron chi connectivity index (χ1n) is 8.11. The number of likely N-dealkylation sites (tertiary alicyclic amines) is 1. The van der Waals surface area contributed by atoms with Crippen LogP contribution in [0.2, 0.25) is 0 Å². The molecule has 0 unspecified atom stereocenters. The van der Waals surface area contributed by atoms with Gasteiger partial charge in [-0.1, -0.05) is 0 Å². The molecule has 9 heteroatoms. The van der Waals surface area contributed by atoms with Crippen LogP contribution < -0.4 is 5.32 Å². The molecule has 1 aliphatic heterocycles. The standard InChI is InChI=1S/C17H16FN5O2S/c1-9(10-4-11(18)6-19-5-10)20-17-21-13-2-3-26-15(13)14(22-17)16(25)23-7-12(24)8-23/h2-6,9,12,24H,7-8H2,1H3,(H,20,21,22)/t9-/m0/s1. The molecule has 134 valence electrons. The highest BCUT2D eigenvalue weighted by Crippen LogP contribution is 2.27. The highest BCUT2D eigenvalue weighted by Gasteiger charge is 2.32. The van der Waals surface area contributed by atoms with E-state index in [4.69, 9.17) is 0 Å². The van der Waals surface area contributed by atoms with Gasteiger partial charge in [-0.2, -0.15) is 0 Å². The number of hydrogen-bond donors (Lipinski definition) is 2. The van der Waals surface area contributed by atoms with Gasteiger partial charge in [-0.3, -0.25) is 9.78 Å². The predicted molar refractivity (Wildman–Crippen MR) is 95.6 cm³/mol. The van der Waals surface area contributed by atoms with Crippen molar-refractivity contribution in [1.29, 1.82) is 0 Å². The fraction of sp³-hybridized carbons (Fsp3) is 0.294. The Kier molecular flexibility index (Phi) is 4.25. The number of rotatable bonds is 4. The van der Waals surface area contributed by atoms with Gasteiger partial charge in [0, 0.05) is 19.3 Å². The number of halogens is 1. The Bertz CT molecular complexity index is 973. The van der Waals surface area contributed by atoms with Gasteiger partial charge in [0.05, 0.1) is 28.6 Å². The molecule has 3 aromatic rings. The minimum atomic E-state index is -0.474. The Hall–Kier alpha value is -2.65. The van der Waals surface area contributed by atoms with E-state index in [-0.39, 0.29) is 17.9 Å². The van der Waals surface area contributed by atoms with Crippen LogP contribution in [-0.4, -0.2) is 50.1 Å². The lowest BCUT2D eigenvalue weighted by atomic mass is 10.1. The van der Waals surface area contributed by atoms with Crippen LogP contribution in [0.5, 0.6) is 0 Å². The van der Waals surface area contributed by atoms with Crippen molar-refractivity contribution >= 4 is 33.4 Å². The van der Waals surface area contributed by atoms with Crippen molar-refractivity contribution in [3.8, 4) is 0 Å². The number of nitrogens with one attached hydrogen (secondary N) is 1. The normalized spacial score (nSPS) is 15.7.